The van der Waals surface area contributed by atoms with Gasteiger partial charge in [-0.15, -0.1) is 0 Å². The van der Waals surface area contributed by atoms with Gasteiger partial charge in [0.05, 0.1) is 23.1 Å². The summed E-state index contributed by atoms with van der Waals surface area (Å²) in [6.07, 6.45) is -9.68. The quantitative estimate of drug-likeness (QED) is 0.530. The van der Waals surface area contributed by atoms with Gasteiger partial charge in [-0.05, 0) is 56.7 Å². The second-order valence-electron chi connectivity index (χ2n) is 7.73. The van der Waals surface area contributed by atoms with E-state index in [0.29, 0.717) is 29.0 Å². The standard InChI is InChI=1S/C21H18F6O3/c1-11-17(5-4-15-16(28)9-19(2,3)30-18(11)15)29-10-12-6-13(20(22,23)24)8-14(7-12)21(25,26)27/h4-8H,9-10H2,1-3H3. The third-order valence-corrected chi connectivity index (χ3v) is 4.66. The highest BCUT2D eigenvalue weighted by molar-refractivity contribution is 6.01. The number of hydrogen-bond donors (Lipinski definition) is 0. The number of fused-ring (bicyclic) bond motifs is 1. The number of ketones is 1. The highest BCUT2D eigenvalue weighted by Gasteiger charge is 2.37. The van der Waals surface area contributed by atoms with Crippen LogP contribution < -0.4 is 9.47 Å². The number of Topliss-reactive ketones (excluding diaryl/α,β-unsaturated/α-hetero) is 1. The van der Waals surface area contributed by atoms with Crippen LogP contribution in [-0.4, -0.2) is 11.4 Å². The minimum atomic E-state index is -4.93. The second-order valence-corrected chi connectivity index (χ2v) is 7.73. The first-order chi connectivity index (χ1) is 13.7. The number of alkyl halides is 6. The number of halogens is 6. The molecule has 30 heavy (non-hydrogen) atoms. The first kappa shape index (κ1) is 22.0. The molecule has 2 aromatic carbocycles. The van der Waals surface area contributed by atoms with Crippen LogP contribution in [0.2, 0.25) is 0 Å². The summed E-state index contributed by atoms with van der Waals surface area (Å²) in [6.45, 7) is 4.56. The van der Waals surface area contributed by atoms with E-state index in [1.807, 2.05) is 0 Å². The van der Waals surface area contributed by atoms with Crippen molar-refractivity contribution in [1.82, 2.24) is 0 Å². The average Bonchev–Trinajstić information content (AvgIpc) is 2.59. The Labute approximate surface area is 168 Å². The Bertz CT molecular complexity index is 957. The van der Waals surface area contributed by atoms with Gasteiger partial charge in [-0.3, -0.25) is 4.79 Å². The highest BCUT2D eigenvalue weighted by Crippen LogP contribution is 2.40. The monoisotopic (exact) mass is 432 g/mol. The highest BCUT2D eigenvalue weighted by atomic mass is 19.4. The molecule has 0 fully saturated rings. The maximum Gasteiger partial charge on any atom is 0.416 e. The van der Waals surface area contributed by atoms with Gasteiger partial charge in [0.25, 0.3) is 0 Å². The Balaban J connectivity index is 1.92. The van der Waals surface area contributed by atoms with Crippen LogP contribution in [0.15, 0.2) is 30.3 Å². The van der Waals surface area contributed by atoms with Crippen LogP contribution in [0.1, 0.15) is 52.9 Å². The van der Waals surface area contributed by atoms with E-state index in [1.54, 1.807) is 20.8 Å². The van der Waals surface area contributed by atoms with Gasteiger partial charge in [0.15, 0.2) is 5.78 Å². The van der Waals surface area contributed by atoms with Crippen LogP contribution in [0.4, 0.5) is 26.3 Å². The largest absolute Gasteiger partial charge is 0.488 e. The van der Waals surface area contributed by atoms with E-state index >= 15 is 0 Å². The fourth-order valence-corrected chi connectivity index (χ4v) is 3.24. The van der Waals surface area contributed by atoms with Crippen LogP contribution in [-0.2, 0) is 19.0 Å². The molecule has 0 spiro atoms. The normalized spacial score (nSPS) is 16.1. The van der Waals surface area contributed by atoms with Gasteiger partial charge in [-0.2, -0.15) is 26.3 Å². The molecule has 0 saturated carbocycles. The number of rotatable bonds is 3. The Morgan fingerprint density at radius 2 is 1.57 bits per heavy atom. The molecule has 2 aromatic rings. The Hall–Kier alpha value is -2.71. The van der Waals surface area contributed by atoms with Crippen molar-refractivity contribution < 1.29 is 40.6 Å². The zero-order chi connectivity index (χ0) is 22.5. The van der Waals surface area contributed by atoms with Gasteiger partial charge in [0, 0.05) is 5.56 Å². The number of ether oxygens (including phenoxy) is 2. The average molecular weight is 432 g/mol. The lowest BCUT2D eigenvalue weighted by Crippen LogP contribution is -2.36. The third-order valence-electron chi connectivity index (χ3n) is 4.66. The van der Waals surface area contributed by atoms with E-state index in [-0.39, 0.29) is 29.6 Å². The topological polar surface area (TPSA) is 35.5 Å². The number of benzene rings is 2. The molecule has 3 nitrogen and oxygen atoms in total. The van der Waals surface area contributed by atoms with E-state index in [9.17, 15) is 31.1 Å². The summed E-state index contributed by atoms with van der Waals surface area (Å²) in [5.41, 5.74) is -3.04. The van der Waals surface area contributed by atoms with E-state index in [2.05, 4.69) is 0 Å². The maximum atomic E-state index is 13.0. The van der Waals surface area contributed by atoms with Crippen LogP contribution in [0.25, 0.3) is 0 Å². The number of carbonyl (C=O) groups excluding carboxylic acids is 1. The van der Waals surface area contributed by atoms with E-state index < -0.39 is 35.7 Å². The molecule has 1 heterocycles. The lowest BCUT2D eigenvalue weighted by Gasteiger charge is -2.33. The molecule has 3 rings (SSSR count). The van der Waals surface area contributed by atoms with Crippen LogP contribution >= 0.6 is 0 Å². The molecule has 9 heteroatoms. The van der Waals surface area contributed by atoms with Gasteiger partial charge >= 0.3 is 12.4 Å². The van der Waals surface area contributed by atoms with Crippen molar-refractivity contribution >= 4 is 5.78 Å². The SMILES string of the molecule is Cc1c(OCc2cc(C(F)(F)F)cc(C(F)(F)F)c2)ccc2c1OC(C)(C)CC2=O. The smallest absolute Gasteiger partial charge is 0.416 e. The first-order valence-electron chi connectivity index (χ1n) is 8.94. The van der Waals surface area contributed by atoms with Crippen LogP contribution in [0.3, 0.4) is 0 Å². The Kier molecular flexibility index (Phi) is 5.28. The molecule has 0 radical (unpaired) electrons. The molecule has 0 bridgehead atoms. The maximum absolute atomic E-state index is 13.0. The molecule has 0 N–H and O–H groups in total. The molecule has 0 aromatic heterocycles. The molecule has 1 aliphatic rings. The first-order valence-corrected chi connectivity index (χ1v) is 8.94. The van der Waals surface area contributed by atoms with Crippen molar-refractivity contribution in [3.63, 3.8) is 0 Å². The van der Waals surface area contributed by atoms with Crippen molar-refractivity contribution in [2.24, 2.45) is 0 Å². The summed E-state index contributed by atoms with van der Waals surface area (Å²) in [4.78, 5) is 12.3. The van der Waals surface area contributed by atoms with Gasteiger partial charge in [0.2, 0.25) is 0 Å². The summed E-state index contributed by atoms with van der Waals surface area (Å²) >= 11 is 0. The van der Waals surface area contributed by atoms with Crippen molar-refractivity contribution in [3.8, 4) is 11.5 Å². The summed E-state index contributed by atoms with van der Waals surface area (Å²) < 4.78 is 89.4. The van der Waals surface area contributed by atoms with Crippen LogP contribution in [0, 0.1) is 6.92 Å². The zero-order valence-electron chi connectivity index (χ0n) is 16.3. The van der Waals surface area contributed by atoms with Gasteiger partial charge < -0.3 is 9.47 Å². The predicted octanol–water partition coefficient (Wildman–Crippen LogP) is 6.36. The zero-order valence-corrected chi connectivity index (χ0v) is 16.3. The number of carbonyl (C=O) groups is 1. The fraction of sp³-hybridized carbons (Fsp3) is 0.381. The molecule has 1 aliphatic heterocycles. The van der Waals surface area contributed by atoms with E-state index in [0.717, 1.165) is 0 Å². The molecule has 0 saturated heterocycles. The summed E-state index contributed by atoms with van der Waals surface area (Å²) in [5, 5.41) is 0. The van der Waals surface area contributed by atoms with Gasteiger partial charge in [-0.1, -0.05) is 0 Å². The van der Waals surface area contributed by atoms with Crippen molar-refractivity contribution in [2.75, 3.05) is 0 Å². The van der Waals surface area contributed by atoms with E-state index in [4.69, 9.17) is 9.47 Å². The second kappa shape index (κ2) is 7.21. The minimum Gasteiger partial charge on any atom is -0.488 e. The summed E-state index contributed by atoms with van der Waals surface area (Å²) in [5.74, 6) is 0.377. The van der Waals surface area contributed by atoms with E-state index in [1.165, 1.54) is 12.1 Å². The summed E-state index contributed by atoms with van der Waals surface area (Å²) in [6, 6.07) is 4.22. The van der Waals surface area contributed by atoms with Gasteiger partial charge in [-0.25, -0.2) is 0 Å². The molecule has 0 unspecified atom stereocenters. The van der Waals surface area contributed by atoms with Crippen LogP contribution in [0.5, 0.6) is 11.5 Å². The third kappa shape index (κ3) is 4.55. The molecular weight excluding hydrogens is 414 g/mol. The van der Waals surface area contributed by atoms with Crippen molar-refractivity contribution in [1.29, 1.82) is 0 Å². The number of hydrogen-bond acceptors (Lipinski definition) is 3. The minimum absolute atomic E-state index is 0.0647. The lowest BCUT2D eigenvalue weighted by molar-refractivity contribution is -0.143. The Morgan fingerprint density at radius 3 is 2.10 bits per heavy atom. The molecular formula is C21H18F6O3. The summed E-state index contributed by atoms with van der Waals surface area (Å²) in [7, 11) is 0. The molecule has 162 valence electrons. The predicted molar refractivity (Wildman–Crippen MR) is 95.6 cm³/mol. The molecule has 0 aliphatic carbocycles. The Morgan fingerprint density at radius 1 is 1.00 bits per heavy atom. The van der Waals surface area contributed by atoms with Crippen molar-refractivity contribution in [2.45, 2.75) is 51.8 Å². The van der Waals surface area contributed by atoms with Gasteiger partial charge in [0.1, 0.15) is 23.7 Å². The van der Waals surface area contributed by atoms with Crippen molar-refractivity contribution in [3.05, 3.63) is 58.1 Å². The molecule has 0 atom stereocenters. The fourth-order valence-electron chi connectivity index (χ4n) is 3.24. The molecule has 0 amide bonds. The lowest BCUT2D eigenvalue weighted by atomic mass is 9.91.